The molecule has 0 unspecified atom stereocenters. The summed E-state index contributed by atoms with van der Waals surface area (Å²) in [7, 11) is 0. The molecule has 0 atom stereocenters. The van der Waals surface area contributed by atoms with Crippen LogP contribution in [0.4, 0.5) is 4.39 Å². The lowest BCUT2D eigenvalue weighted by Crippen LogP contribution is -2.44. The molecule has 1 fully saturated rings. The fourth-order valence-electron chi connectivity index (χ4n) is 1.71. The highest BCUT2D eigenvalue weighted by Gasteiger charge is 2.18. The second-order valence-corrected chi connectivity index (χ2v) is 3.51. The third-order valence-electron chi connectivity index (χ3n) is 2.40. The molecule has 1 rings (SSSR count). The van der Waals surface area contributed by atoms with Crippen molar-refractivity contribution in [2.24, 2.45) is 0 Å². The Kier molecular flexibility index (Phi) is 4.15. The van der Waals surface area contributed by atoms with Gasteiger partial charge in [0.1, 0.15) is 6.67 Å². The minimum Gasteiger partial charge on any atom is -0.354 e. The van der Waals surface area contributed by atoms with Gasteiger partial charge in [-0.25, -0.2) is 4.39 Å². The number of amides is 1. The van der Waals surface area contributed by atoms with Crippen molar-refractivity contribution in [2.75, 3.05) is 26.3 Å². The number of hydrogen-bond acceptors (Lipinski definition) is 2. The van der Waals surface area contributed by atoms with Crippen molar-refractivity contribution < 1.29 is 9.18 Å². The van der Waals surface area contributed by atoms with Crippen LogP contribution in [0, 0.1) is 0 Å². The number of nitrogens with one attached hydrogen (secondary N) is 1. The van der Waals surface area contributed by atoms with Crippen molar-refractivity contribution in [1.82, 2.24) is 10.2 Å². The monoisotopic (exact) mass is 188 g/mol. The van der Waals surface area contributed by atoms with E-state index >= 15 is 0 Å². The molecule has 1 aliphatic rings. The normalized spacial score (nSPS) is 20.2. The Morgan fingerprint density at radius 1 is 1.54 bits per heavy atom. The summed E-state index contributed by atoms with van der Waals surface area (Å²) in [5, 5.41) is 2.89. The van der Waals surface area contributed by atoms with Gasteiger partial charge in [0, 0.05) is 32.6 Å². The van der Waals surface area contributed by atoms with Crippen LogP contribution in [0.2, 0.25) is 0 Å². The number of halogens is 1. The lowest BCUT2D eigenvalue weighted by Gasteiger charge is -2.31. The fourth-order valence-corrected chi connectivity index (χ4v) is 1.71. The van der Waals surface area contributed by atoms with Crippen LogP contribution in [0.15, 0.2) is 0 Å². The van der Waals surface area contributed by atoms with Gasteiger partial charge in [-0.3, -0.25) is 4.79 Å². The van der Waals surface area contributed by atoms with Crippen LogP contribution < -0.4 is 5.32 Å². The maximum atomic E-state index is 12.0. The first-order valence-corrected chi connectivity index (χ1v) is 4.78. The van der Waals surface area contributed by atoms with Crippen LogP contribution in [-0.2, 0) is 4.79 Å². The summed E-state index contributed by atoms with van der Waals surface area (Å²) in [6.45, 7) is 3.59. The summed E-state index contributed by atoms with van der Waals surface area (Å²) in [4.78, 5) is 12.8. The lowest BCUT2D eigenvalue weighted by molar-refractivity contribution is -0.119. The number of alkyl halides is 1. The summed E-state index contributed by atoms with van der Waals surface area (Å²) in [5.74, 6) is 0.0314. The van der Waals surface area contributed by atoms with Crippen LogP contribution >= 0.6 is 0 Å². The molecule has 76 valence electrons. The molecular weight excluding hydrogens is 171 g/mol. The van der Waals surface area contributed by atoms with E-state index in [0.717, 1.165) is 25.9 Å². The third kappa shape index (κ3) is 3.72. The summed E-state index contributed by atoms with van der Waals surface area (Å²) < 4.78 is 12.0. The van der Waals surface area contributed by atoms with Crippen molar-refractivity contribution in [3.8, 4) is 0 Å². The molecule has 0 aromatic heterocycles. The zero-order chi connectivity index (χ0) is 9.68. The first-order chi connectivity index (χ1) is 6.22. The molecule has 1 amide bonds. The van der Waals surface area contributed by atoms with Gasteiger partial charge >= 0.3 is 0 Å². The van der Waals surface area contributed by atoms with E-state index < -0.39 is 0 Å². The number of hydrogen-bond donors (Lipinski definition) is 1. The fraction of sp³-hybridized carbons (Fsp3) is 0.889. The van der Waals surface area contributed by atoms with Crippen molar-refractivity contribution in [1.29, 1.82) is 0 Å². The third-order valence-corrected chi connectivity index (χ3v) is 2.40. The zero-order valence-electron chi connectivity index (χ0n) is 8.05. The molecule has 1 aliphatic heterocycles. The van der Waals surface area contributed by atoms with E-state index in [1.165, 1.54) is 6.92 Å². The number of rotatable bonds is 3. The minimum atomic E-state index is -0.273. The van der Waals surface area contributed by atoms with E-state index in [9.17, 15) is 9.18 Å². The number of likely N-dealkylation sites (tertiary alicyclic amines) is 1. The summed E-state index contributed by atoms with van der Waals surface area (Å²) in [5.41, 5.74) is 0. The summed E-state index contributed by atoms with van der Waals surface area (Å²) >= 11 is 0. The van der Waals surface area contributed by atoms with Gasteiger partial charge in [0.2, 0.25) is 5.91 Å². The van der Waals surface area contributed by atoms with Crippen LogP contribution in [-0.4, -0.2) is 43.2 Å². The maximum Gasteiger partial charge on any atom is 0.217 e. The van der Waals surface area contributed by atoms with Crippen LogP contribution in [0.5, 0.6) is 0 Å². The highest BCUT2D eigenvalue weighted by molar-refractivity contribution is 5.73. The minimum absolute atomic E-state index is 0.0314. The van der Waals surface area contributed by atoms with Gasteiger partial charge in [-0.05, 0) is 12.8 Å². The molecule has 0 radical (unpaired) electrons. The van der Waals surface area contributed by atoms with Gasteiger partial charge in [0.05, 0.1) is 0 Å². The second-order valence-electron chi connectivity index (χ2n) is 3.51. The Bertz CT molecular complexity index is 167. The highest BCUT2D eigenvalue weighted by Crippen LogP contribution is 2.09. The van der Waals surface area contributed by atoms with E-state index in [0.29, 0.717) is 12.6 Å². The van der Waals surface area contributed by atoms with E-state index in [1.807, 2.05) is 0 Å². The predicted molar refractivity (Wildman–Crippen MR) is 49.3 cm³/mol. The molecule has 0 saturated carbocycles. The average molecular weight is 188 g/mol. The SMILES string of the molecule is CC(=O)NC1CCN(CCF)CC1. The van der Waals surface area contributed by atoms with E-state index in [1.54, 1.807) is 0 Å². The number of carbonyl (C=O) groups is 1. The van der Waals surface area contributed by atoms with Gasteiger partial charge in [0.15, 0.2) is 0 Å². The quantitative estimate of drug-likeness (QED) is 0.701. The molecule has 3 nitrogen and oxygen atoms in total. The van der Waals surface area contributed by atoms with Crippen molar-refractivity contribution in [2.45, 2.75) is 25.8 Å². The summed E-state index contributed by atoms with van der Waals surface area (Å²) in [6.07, 6.45) is 1.89. The topological polar surface area (TPSA) is 32.3 Å². The Morgan fingerprint density at radius 3 is 2.62 bits per heavy atom. The van der Waals surface area contributed by atoms with Gasteiger partial charge < -0.3 is 10.2 Å². The van der Waals surface area contributed by atoms with Gasteiger partial charge in [-0.1, -0.05) is 0 Å². The molecule has 0 aliphatic carbocycles. The van der Waals surface area contributed by atoms with Crippen LogP contribution in [0.3, 0.4) is 0 Å². The molecule has 1 N–H and O–H groups in total. The molecular formula is C9H17FN2O. The molecule has 1 heterocycles. The Hall–Kier alpha value is -0.640. The molecule has 0 aromatic carbocycles. The second kappa shape index (κ2) is 5.17. The average Bonchev–Trinajstić information content (AvgIpc) is 2.08. The first-order valence-electron chi connectivity index (χ1n) is 4.78. The predicted octanol–water partition coefficient (Wildman–Crippen LogP) is 0.556. The van der Waals surface area contributed by atoms with E-state index in [2.05, 4.69) is 10.2 Å². The smallest absolute Gasteiger partial charge is 0.217 e. The Morgan fingerprint density at radius 2 is 2.15 bits per heavy atom. The number of carbonyl (C=O) groups excluding carboxylic acids is 1. The number of piperidine rings is 1. The zero-order valence-corrected chi connectivity index (χ0v) is 8.05. The highest BCUT2D eigenvalue weighted by atomic mass is 19.1. The van der Waals surface area contributed by atoms with Crippen LogP contribution in [0.1, 0.15) is 19.8 Å². The van der Waals surface area contributed by atoms with Gasteiger partial charge in [-0.2, -0.15) is 0 Å². The van der Waals surface area contributed by atoms with Gasteiger partial charge in [0.25, 0.3) is 0 Å². The Labute approximate surface area is 78.3 Å². The van der Waals surface area contributed by atoms with E-state index in [4.69, 9.17) is 0 Å². The molecule has 1 saturated heterocycles. The largest absolute Gasteiger partial charge is 0.354 e. The standard InChI is InChI=1S/C9H17FN2O/c1-8(13)11-9-2-5-12(6-3-9)7-4-10/h9H,2-7H2,1H3,(H,11,13). The van der Waals surface area contributed by atoms with Gasteiger partial charge in [-0.15, -0.1) is 0 Å². The Balaban J connectivity index is 2.18. The maximum absolute atomic E-state index is 12.0. The molecule has 0 bridgehead atoms. The van der Waals surface area contributed by atoms with E-state index in [-0.39, 0.29) is 12.6 Å². The van der Waals surface area contributed by atoms with Crippen molar-refractivity contribution in [3.05, 3.63) is 0 Å². The molecule has 0 aromatic rings. The van der Waals surface area contributed by atoms with Crippen LogP contribution in [0.25, 0.3) is 0 Å². The molecule has 0 spiro atoms. The summed E-state index contributed by atoms with van der Waals surface area (Å²) in [6, 6.07) is 0.299. The van der Waals surface area contributed by atoms with Crippen molar-refractivity contribution >= 4 is 5.91 Å². The first kappa shape index (κ1) is 10.4. The molecule has 4 heteroatoms. The lowest BCUT2D eigenvalue weighted by atomic mass is 10.1. The van der Waals surface area contributed by atoms with Crippen molar-refractivity contribution in [3.63, 3.8) is 0 Å². The molecule has 13 heavy (non-hydrogen) atoms. The number of nitrogens with zero attached hydrogens (tertiary/aromatic N) is 1.